The molecule has 0 bridgehead atoms. The number of nitrogens with one attached hydrogen (secondary N) is 2. The Bertz CT molecular complexity index is 976. The predicted octanol–water partition coefficient (Wildman–Crippen LogP) is 3.21. The molecular weight excluding hydrogens is 414 g/mol. The van der Waals surface area contributed by atoms with Crippen LogP contribution < -0.4 is 22.1 Å². The first-order valence-electron chi connectivity index (χ1n) is 11.1. The lowest BCUT2D eigenvalue weighted by atomic mass is 9.79. The van der Waals surface area contributed by atoms with Crippen LogP contribution in [-0.4, -0.2) is 30.9 Å². The van der Waals surface area contributed by atoms with Gasteiger partial charge in [0.2, 0.25) is 0 Å². The lowest BCUT2D eigenvalue weighted by molar-refractivity contribution is 0.0943. The summed E-state index contributed by atoms with van der Waals surface area (Å²) in [6.45, 7) is 13.9. The minimum Gasteiger partial charge on any atom is -0.370 e. The number of benzene rings is 2. The van der Waals surface area contributed by atoms with Gasteiger partial charge < -0.3 is 22.1 Å². The number of rotatable bonds is 7. The second kappa shape index (κ2) is 10.5. The third-order valence-electron chi connectivity index (χ3n) is 5.29. The van der Waals surface area contributed by atoms with Gasteiger partial charge in [0.1, 0.15) is 0 Å². The van der Waals surface area contributed by atoms with Gasteiger partial charge in [-0.2, -0.15) is 0 Å². The van der Waals surface area contributed by atoms with Crippen molar-refractivity contribution in [2.45, 2.75) is 58.9 Å². The van der Waals surface area contributed by atoms with E-state index >= 15 is 0 Å². The summed E-state index contributed by atoms with van der Waals surface area (Å²) in [5.74, 6) is -0.325. The maximum absolute atomic E-state index is 12.9. The zero-order chi connectivity index (χ0) is 24.8. The van der Waals surface area contributed by atoms with Crippen molar-refractivity contribution in [2.24, 2.45) is 16.5 Å². The first-order chi connectivity index (χ1) is 15.3. The Morgan fingerprint density at radius 2 is 1.30 bits per heavy atom. The van der Waals surface area contributed by atoms with E-state index in [2.05, 4.69) is 63.2 Å². The van der Waals surface area contributed by atoms with Crippen LogP contribution in [-0.2, 0) is 17.4 Å². The van der Waals surface area contributed by atoms with Crippen molar-refractivity contribution in [1.29, 1.82) is 0 Å². The highest BCUT2D eigenvalue weighted by atomic mass is 16.2. The second-order valence-corrected chi connectivity index (χ2v) is 10.2. The van der Waals surface area contributed by atoms with E-state index in [1.807, 2.05) is 24.3 Å². The zero-order valence-electron chi connectivity index (χ0n) is 20.6. The average Bonchev–Trinajstić information content (AvgIpc) is 2.73. The van der Waals surface area contributed by atoms with Crippen LogP contribution in [0.4, 0.5) is 0 Å². The Hall–Kier alpha value is -3.35. The van der Waals surface area contributed by atoms with Crippen molar-refractivity contribution in [2.75, 3.05) is 13.1 Å². The van der Waals surface area contributed by atoms with Crippen LogP contribution in [0, 0.1) is 0 Å². The van der Waals surface area contributed by atoms with E-state index in [-0.39, 0.29) is 28.6 Å². The maximum atomic E-state index is 12.9. The van der Waals surface area contributed by atoms with E-state index < -0.39 is 0 Å². The van der Waals surface area contributed by atoms with Gasteiger partial charge in [0, 0.05) is 24.2 Å². The Morgan fingerprint density at radius 1 is 0.788 bits per heavy atom. The van der Waals surface area contributed by atoms with Crippen molar-refractivity contribution >= 4 is 17.8 Å². The summed E-state index contributed by atoms with van der Waals surface area (Å²) in [4.78, 5) is 29.0. The average molecular weight is 452 g/mol. The molecule has 0 spiro atoms. The van der Waals surface area contributed by atoms with Crippen LogP contribution in [0.5, 0.6) is 0 Å². The molecule has 33 heavy (non-hydrogen) atoms. The lowest BCUT2D eigenvalue weighted by Crippen LogP contribution is -2.28. The summed E-state index contributed by atoms with van der Waals surface area (Å²) in [7, 11) is 0. The molecule has 0 unspecified atom stereocenters. The molecule has 0 saturated carbocycles. The number of hydrogen-bond acceptors (Lipinski definition) is 3. The number of nitrogens with two attached hydrogens (primary N) is 2. The summed E-state index contributed by atoms with van der Waals surface area (Å²) < 4.78 is 0. The van der Waals surface area contributed by atoms with Gasteiger partial charge in [-0.25, -0.2) is 0 Å². The van der Waals surface area contributed by atoms with Crippen LogP contribution in [0.25, 0.3) is 0 Å². The van der Waals surface area contributed by atoms with E-state index in [4.69, 9.17) is 11.5 Å². The molecule has 2 aromatic carbocycles. The number of nitrogens with zero attached hydrogens (tertiary/aromatic N) is 1. The lowest BCUT2D eigenvalue weighted by Gasteiger charge is -2.26. The molecule has 7 heteroatoms. The fraction of sp³-hybridized carbons (Fsp3) is 0.423. The maximum Gasteiger partial charge on any atom is 0.251 e. The molecule has 0 aliphatic heterocycles. The van der Waals surface area contributed by atoms with Gasteiger partial charge in [-0.3, -0.25) is 14.6 Å². The van der Waals surface area contributed by atoms with Crippen LogP contribution in [0.15, 0.2) is 47.5 Å². The molecule has 0 aliphatic carbocycles. The molecule has 7 nitrogen and oxygen atoms in total. The van der Waals surface area contributed by atoms with Crippen molar-refractivity contribution in [3.63, 3.8) is 0 Å². The van der Waals surface area contributed by atoms with Crippen LogP contribution in [0.2, 0.25) is 0 Å². The van der Waals surface area contributed by atoms with Crippen molar-refractivity contribution in [3.8, 4) is 0 Å². The molecular formula is C26H37N5O2. The number of carbonyl (C=O) groups excluding carboxylic acids is 2. The molecule has 0 aliphatic rings. The Balaban J connectivity index is 2.04. The molecule has 178 valence electrons. The molecule has 2 rings (SSSR count). The molecule has 0 aromatic heterocycles. The number of carbonyl (C=O) groups is 2. The number of aliphatic imine (C=N–C) groups is 1. The monoisotopic (exact) mass is 451 g/mol. The van der Waals surface area contributed by atoms with Crippen LogP contribution in [0.1, 0.15) is 78.9 Å². The van der Waals surface area contributed by atoms with Gasteiger partial charge in [-0.15, -0.1) is 0 Å². The van der Waals surface area contributed by atoms with Crippen molar-refractivity contribution < 1.29 is 9.59 Å². The number of guanidine groups is 1. The van der Waals surface area contributed by atoms with E-state index in [0.29, 0.717) is 30.8 Å². The van der Waals surface area contributed by atoms with Gasteiger partial charge >= 0.3 is 0 Å². The Labute approximate surface area is 197 Å². The van der Waals surface area contributed by atoms with Gasteiger partial charge in [0.05, 0.1) is 6.54 Å². The van der Waals surface area contributed by atoms with Crippen LogP contribution in [0.3, 0.4) is 0 Å². The Morgan fingerprint density at radius 3 is 1.79 bits per heavy atom. The quantitative estimate of drug-likeness (QED) is 0.293. The fourth-order valence-corrected chi connectivity index (χ4v) is 3.14. The predicted molar refractivity (Wildman–Crippen MR) is 134 cm³/mol. The normalized spacial score (nSPS) is 11.6. The molecule has 0 heterocycles. The van der Waals surface area contributed by atoms with E-state index in [1.54, 1.807) is 12.1 Å². The molecule has 6 N–H and O–H groups in total. The minimum absolute atomic E-state index is 0.00425. The molecule has 2 aromatic rings. The molecule has 2 amide bonds. The summed E-state index contributed by atoms with van der Waals surface area (Å²) in [5, 5.41) is 5.75. The summed E-state index contributed by atoms with van der Waals surface area (Å²) >= 11 is 0. The van der Waals surface area contributed by atoms with Gasteiger partial charge in [0.15, 0.2) is 5.96 Å². The largest absolute Gasteiger partial charge is 0.370 e. The van der Waals surface area contributed by atoms with E-state index in [1.165, 1.54) is 0 Å². The summed E-state index contributed by atoms with van der Waals surface area (Å²) in [6.07, 6.45) is 0. The van der Waals surface area contributed by atoms with E-state index in [9.17, 15) is 9.59 Å². The highest BCUT2D eigenvalue weighted by Crippen LogP contribution is 2.30. The van der Waals surface area contributed by atoms with Gasteiger partial charge in [-0.05, 0) is 51.8 Å². The smallest absolute Gasteiger partial charge is 0.251 e. The van der Waals surface area contributed by atoms with Gasteiger partial charge in [-0.1, -0.05) is 59.7 Å². The number of amides is 2. The van der Waals surface area contributed by atoms with Crippen LogP contribution >= 0.6 is 0 Å². The molecule has 0 fully saturated rings. The third kappa shape index (κ3) is 7.93. The number of hydrogen-bond donors (Lipinski definition) is 4. The fourth-order valence-electron chi connectivity index (χ4n) is 3.14. The van der Waals surface area contributed by atoms with E-state index in [0.717, 1.165) is 16.7 Å². The molecule has 0 atom stereocenters. The van der Waals surface area contributed by atoms with Gasteiger partial charge in [0.25, 0.3) is 11.8 Å². The highest BCUT2D eigenvalue weighted by molar-refractivity contribution is 5.95. The standard InChI is InChI=1S/C26H37N5O2/c1-25(2,3)20-13-19(14-21(15-20)26(4,5)6)23(33)31-16-17-7-9-18(10-8-17)22(32)29-11-12-30-24(27)28/h7-10,13-15H,11-12,16H2,1-6H3,(H,29,32)(H,31,33)(H4,27,28,30). The minimum atomic E-state index is -0.204. The molecule has 0 saturated heterocycles. The zero-order valence-corrected chi connectivity index (χ0v) is 20.6. The Kier molecular flexibility index (Phi) is 8.25. The van der Waals surface area contributed by atoms with Crippen molar-refractivity contribution in [3.05, 3.63) is 70.3 Å². The summed E-state index contributed by atoms with van der Waals surface area (Å²) in [5.41, 5.74) is 14.8. The summed E-state index contributed by atoms with van der Waals surface area (Å²) in [6, 6.07) is 13.3. The first-order valence-corrected chi connectivity index (χ1v) is 11.1. The SMILES string of the molecule is CC(C)(C)c1cc(C(=O)NCc2ccc(C(=O)NCCN=C(N)N)cc2)cc(C(C)(C)C)c1. The third-order valence-corrected chi connectivity index (χ3v) is 5.29. The topological polar surface area (TPSA) is 123 Å². The second-order valence-electron chi connectivity index (χ2n) is 10.2. The van der Waals surface area contributed by atoms with Crippen molar-refractivity contribution in [1.82, 2.24) is 10.6 Å². The highest BCUT2D eigenvalue weighted by Gasteiger charge is 2.22. The first kappa shape index (κ1) is 25.9. The molecule has 0 radical (unpaired) electrons.